The molecule has 1 N–H and O–H groups in total. The Hall–Kier alpha value is -0.610. The van der Waals surface area contributed by atoms with Gasteiger partial charge in [0.2, 0.25) is 5.91 Å². The quantitative estimate of drug-likeness (QED) is 0.755. The maximum absolute atomic E-state index is 11.6. The molecule has 0 aromatic heterocycles. The Morgan fingerprint density at radius 3 is 2.42 bits per heavy atom. The van der Waals surface area contributed by atoms with E-state index in [1.54, 1.807) is 4.90 Å². The summed E-state index contributed by atoms with van der Waals surface area (Å²) in [7, 11) is 3.69. The van der Waals surface area contributed by atoms with Gasteiger partial charge in [-0.2, -0.15) is 0 Å². The summed E-state index contributed by atoms with van der Waals surface area (Å²) in [5.74, 6) is 1.13. The van der Waals surface area contributed by atoms with Gasteiger partial charge in [-0.05, 0) is 57.7 Å². The van der Waals surface area contributed by atoms with Gasteiger partial charge in [-0.25, -0.2) is 0 Å². The summed E-state index contributed by atoms with van der Waals surface area (Å²) in [6, 6.07) is 0.823. The van der Waals surface area contributed by atoms with Crippen molar-refractivity contribution in [2.24, 2.45) is 5.92 Å². The number of piperidine rings is 1. The normalized spacial score (nSPS) is 20.8. The van der Waals surface area contributed by atoms with Crippen molar-refractivity contribution in [3.05, 3.63) is 0 Å². The molecule has 2 aliphatic rings. The zero-order chi connectivity index (χ0) is 13.7. The fourth-order valence-corrected chi connectivity index (χ4v) is 2.92. The van der Waals surface area contributed by atoms with E-state index in [0.717, 1.165) is 24.9 Å². The molecule has 4 heteroatoms. The summed E-state index contributed by atoms with van der Waals surface area (Å²) in [6.07, 6.45) is 7.08. The lowest BCUT2D eigenvalue weighted by Crippen LogP contribution is -2.38. The minimum atomic E-state index is 0.262. The highest BCUT2D eigenvalue weighted by Crippen LogP contribution is 2.29. The lowest BCUT2D eigenvalue weighted by molar-refractivity contribution is -0.128. The number of nitrogens with zero attached hydrogens (tertiary/aromatic N) is 2. The molecule has 4 nitrogen and oxygen atoms in total. The van der Waals surface area contributed by atoms with E-state index in [-0.39, 0.29) is 5.91 Å². The molecule has 1 aliphatic carbocycles. The first-order chi connectivity index (χ1) is 9.16. The van der Waals surface area contributed by atoms with Crippen LogP contribution in [0.5, 0.6) is 0 Å². The van der Waals surface area contributed by atoms with Crippen LogP contribution in [0.3, 0.4) is 0 Å². The number of hydrogen-bond donors (Lipinski definition) is 1. The smallest absolute Gasteiger partial charge is 0.222 e. The fraction of sp³-hybridized carbons (Fsp3) is 0.933. The van der Waals surface area contributed by atoms with Crippen molar-refractivity contribution >= 4 is 5.91 Å². The largest absolute Gasteiger partial charge is 0.349 e. The average Bonchev–Trinajstić information content (AvgIpc) is 3.22. The molecule has 1 amide bonds. The maximum atomic E-state index is 11.6. The van der Waals surface area contributed by atoms with Gasteiger partial charge in [0, 0.05) is 33.1 Å². The summed E-state index contributed by atoms with van der Waals surface area (Å²) in [4.78, 5) is 16.0. The van der Waals surface area contributed by atoms with Gasteiger partial charge >= 0.3 is 0 Å². The second-order valence-corrected chi connectivity index (χ2v) is 6.31. The van der Waals surface area contributed by atoms with Gasteiger partial charge in [0.25, 0.3) is 0 Å². The molecule has 1 saturated heterocycles. The highest BCUT2D eigenvalue weighted by atomic mass is 16.2. The van der Waals surface area contributed by atoms with Crippen molar-refractivity contribution in [2.45, 2.75) is 44.6 Å². The van der Waals surface area contributed by atoms with Gasteiger partial charge in [0.05, 0.1) is 0 Å². The van der Waals surface area contributed by atoms with E-state index in [9.17, 15) is 4.79 Å². The Bertz CT molecular complexity index is 283. The Balaban J connectivity index is 1.69. The average molecular weight is 267 g/mol. The zero-order valence-corrected chi connectivity index (χ0v) is 12.5. The lowest BCUT2D eigenvalue weighted by atomic mass is 9.97. The maximum Gasteiger partial charge on any atom is 0.222 e. The lowest BCUT2D eigenvalue weighted by Gasteiger charge is -2.30. The van der Waals surface area contributed by atoms with Crippen LogP contribution in [0.1, 0.15) is 38.5 Å². The van der Waals surface area contributed by atoms with Crippen molar-refractivity contribution in [3.63, 3.8) is 0 Å². The van der Waals surface area contributed by atoms with E-state index in [2.05, 4.69) is 10.2 Å². The molecule has 0 bridgehead atoms. The third kappa shape index (κ3) is 5.11. The molecule has 0 aromatic rings. The van der Waals surface area contributed by atoms with Crippen LogP contribution in [0.25, 0.3) is 0 Å². The van der Waals surface area contributed by atoms with Gasteiger partial charge in [0.15, 0.2) is 0 Å². The molecule has 19 heavy (non-hydrogen) atoms. The Morgan fingerprint density at radius 2 is 1.84 bits per heavy atom. The molecule has 1 heterocycles. The highest BCUT2D eigenvalue weighted by Gasteiger charge is 2.30. The van der Waals surface area contributed by atoms with Crippen molar-refractivity contribution in [2.75, 3.05) is 40.3 Å². The second kappa shape index (κ2) is 7.25. The second-order valence-electron chi connectivity index (χ2n) is 6.31. The minimum Gasteiger partial charge on any atom is -0.349 e. The molecule has 0 spiro atoms. The molecular weight excluding hydrogens is 238 g/mol. The number of nitrogens with one attached hydrogen (secondary N) is 1. The van der Waals surface area contributed by atoms with Gasteiger partial charge in [-0.15, -0.1) is 0 Å². The monoisotopic (exact) mass is 267 g/mol. The third-order valence-corrected chi connectivity index (χ3v) is 4.35. The van der Waals surface area contributed by atoms with Crippen molar-refractivity contribution in [1.29, 1.82) is 0 Å². The van der Waals surface area contributed by atoms with Gasteiger partial charge in [0.1, 0.15) is 0 Å². The Morgan fingerprint density at radius 1 is 1.16 bits per heavy atom. The molecule has 0 unspecified atom stereocenters. The summed E-state index contributed by atoms with van der Waals surface area (Å²) >= 11 is 0. The van der Waals surface area contributed by atoms with Gasteiger partial charge in [-0.1, -0.05) is 0 Å². The molecule has 2 fully saturated rings. The van der Waals surface area contributed by atoms with E-state index >= 15 is 0 Å². The minimum absolute atomic E-state index is 0.262. The Labute approximate surface area is 117 Å². The van der Waals surface area contributed by atoms with Crippen LogP contribution in [0.15, 0.2) is 0 Å². The number of carbonyl (C=O) groups excluding carboxylic acids is 1. The van der Waals surface area contributed by atoms with E-state index in [1.165, 1.54) is 45.3 Å². The zero-order valence-electron chi connectivity index (χ0n) is 12.5. The van der Waals surface area contributed by atoms with Crippen molar-refractivity contribution < 1.29 is 4.79 Å². The summed E-state index contributed by atoms with van der Waals surface area (Å²) < 4.78 is 0. The highest BCUT2D eigenvalue weighted by molar-refractivity contribution is 5.75. The van der Waals surface area contributed by atoms with E-state index in [0.29, 0.717) is 6.42 Å². The van der Waals surface area contributed by atoms with E-state index in [4.69, 9.17) is 0 Å². The van der Waals surface area contributed by atoms with Gasteiger partial charge in [-0.3, -0.25) is 4.79 Å². The van der Waals surface area contributed by atoms with Crippen LogP contribution in [-0.2, 0) is 4.79 Å². The first-order valence-electron chi connectivity index (χ1n) is 7.81. The SMILES string of the molecule is CN(C)C(=O)CCCN(CC1CCNCC1)C1CC1. The third-order valence-electron chi connectivity index (χ3n) is 4.35. The van der Waals surface area contributed by atoms with Crippen molar-refractivity contribution in [1.82, 2.24) is 15.1 Å². The number of hydrogen-bond acceptors (Lipinski definition) is 3. The number of rotatable bonds is 7. The fourth-order valence-electron chi connectivity index (χ4n) is 2.92. The van der Waals surface area contributed by atoms with E-state index < -0.39 is 0 Å². The molecule has 2 rings (SSSR count). The molecule has 0 atom stereocenters. The summed E-state index contributed by atoms with van der Waals surface area (Å²) in [5.41, 5.74) is 0. The molecule has 0 radical (unpaired) electrons. The van der Waals surface area contributed by atoms with E-state index in [1.807, 2.05) is 14.1 Å². The van der Waals surface area contributed by atoms with Crippen LogP contribution >= 0.6 is 0 Å². The van der Waals surface area contributed by atoms with Gasteiger partial charge < -0.3 is 15.1 Å². The topological polar surface area (TPSA) is 35.6 Å². The molecular formula is C15H29N3O. The number of carbonyl (C=O) groups is 1. The Kier molecular flexibility index (Phi) is 5.64. The van der Waals surface area contributed by atoms with Crippen LogP contribution < -0.4 is 5.32 Å². The predicted molar refractivity (Wildman–Crippen MR) is 78.1 cm³/mol. The first-order valence-corrected chi connectivity index (χ1v) is 7.81. The van der Waals surface area contributed by atoms with Crippen LogP contribution in [0, 0.1) is 5.92 Å². The molecule has 1 saturated carbocycles. The molecule has 110 valence electrons. The first kappa shape index (κ1) is 14.8. The summed E-state index contributed by atoms with van der Waals surface area (Å²) in [6.45, 7) is 4.72. The van der Waals surface area contributed by atoms with Crippen LogP contribution in [-0.4, -0.2) is 62.0 Å². The molecule has 1 aliphatic heterocycles. The number of amides is 1. The van der Waals surface area contributed by atoms with Crippen LogP contribution in [0.2, 0.25) is 0 Å². The molecule has 0 aromatic carbocycles. The standard InChI is InChI=1S/C15H29N3O/c1-17(2)15(19)4-3-11-18(14-5-6-14)12-13-7-9-16-10-8-13/h13-14,16H,3-12H2,1-2H3. The van der Waals surface area contributed by atoms with Crippen LogP contribution in [0.4, 0.5) is 0 Å². The van der Waals surface area contributed by atoms with Crippen molar-refractivity contribution in [3.8, 4) is 0 Å². The summed E-state index contributed by atoms with van der Waals surface area (Å²) in [5, 5.41) is 3.43. The predicted octanol–water partition coefficient (Wildman–Crippen LogP) is 1.32.